The summed E-state index contributed by atoms with van der Waals surface area (Å²) in [5, 5.41) is 0. The van der Waals surface area contributed by atoms with Gasteiger partial charge in [-0.3, -0.25) is 0 Å². The number of nitrogens with one attached hydrogen (secondary N) is 2. The summed E-state index contributed by atoms with van der Waals surface area (Å²) in [5.74, 6) is 0.0458. The SMILES string of the molecule is CN(C)/C(C[NH+]1CC[NH+](C)CC1)=C1\N=C(c2ccccc2)OC1=O. The minimum atomic E-state index is -0.350. The van der Waals surface area contributed by atoms with Gasteiger partial charge in [0.15, 0.2) is 5.70 Å². The first kappa shape index (κ1) is 16.7. The second-order valence-electron chi connectivity index (χ2n) is 6.75. The van der Waals surface area contributed by atoms with Crippen LogP contribution in [-0.2, 0) is 9.53 Å². The summed E-state index contributed by atoms with van der Waals surface area (Å²) in [6.07, 6.45) is 0. The highest BCUT2D eigenvalue weighted by atomic mass is 16.6. The van der Waals surface area contributed by atoms with Crippen LogP contribution in [0.5, 0.6) is 0 Å². The number of quaternary nitrogens is 2. The van der Waals surface area contributed by atoms with E-state index in [4.69, 9.17) is 4.74 Å². The van der Waals surface area contributed by atoms with Crippen molar-refractivity contribution >= 4 is 11.9 Å². The number of piperazine rings is 1. The maximum atomic E-state index is 12.4. The Hall–Kier alpha value is -2.18. The molecule has 0 radical (unpaired) electrons. The van der Waals surface area contributed by atoms with E-state index in [0.29, 0.717) is 11.6 Å². The topological polar surface area (TPSA) is 50.8 Å². The van der Waals surface area contributed by atoms with E-state index in [1.165, 1.54) is 4.90 Å². The highest BCUT2D eigenvalue weighted by Gasteiger charge is 2.31. The molecular formula is C18H26N4O2+2. The van der Waals surface area contributed by atoms with Gasteiger partial charge in [0.2, 0.25) is 5.90 Å². The van der Waals surface area contributed by atoms with Crippen molar-refractivity contribution in [3.05, 3.63) is 47.3 Å². The molecule has 2 heterocycles. The molecule has 0 saturated carbocycles. The Bertz CT molecular complexity index is 659. The first-order valence-corrected chi connectivity index (χ1v) is 8.46. The molecule has 1 aromatic carbocycles. The third-order valence-corrected chi connectivity index (χ3v) is 4.66. The fourth-order valence-corrected chi connectivity index (χ4v) is 3.09. The van der Waals surface area contributed by atoms with Crippen LogP contribution >= 0.6 is 0 Å². The summed E-state index contributed by atoms with van der Waals surface area (Å²) in [4.78, 5) is 21.9. The number of carbonyl (C=O) groups is 1. The highest BCUT2D eigenvalue weighted by Crippen LogP contribution is 2.19. The van der Waals surface area contributed by atoms with Crippen LogP contribution in [0.3, 0.4) is 0 Å². The molecule has 0 unspecified atom stereocenters. The third kappa shape index (κ3) is 3.66. The van der Waals surface area contributed by atoms with Crippen LogP contribution in [0.1, 0.15) is 5.56 Å². The molecule has 0 aliphatic carbocycles. The quantitative estimate of drug-likeness (QED) is 0.505. The molecule has 0 bridgehead atoms. The van der Waals surface area contributed by atoms with Gasteiger partial charge in [-0.1, -0.05) is 18.2 Å². The molecule has 24 heavy (non-hydrogen) atoms. The summed E-state index contributed by atoms with van der Waals surface area (Å²) < 4.78 is 5.41. The largest absolute Gasteiger partial charge is 0.402 e. The van der Waals surface area contributed by atoms with Crippen molar-refractivity contribution in [2.75, 3.05) is 53.9 Å². The molecule has 3 rings (SSSR count). The molecule has 2 N–H and O–H groups in total. The second-order valence-corrected chi connectivity index (χ2v) is 6.75. The number of rotatable bonds is 4. The number of hydrogen-bond acceptors (Lipinski definition) is 4. The van der Waals surface area contributed by atoms with Crippen molar-refractivity contribution in [1.82, 2.24) is 4.90 Å². The summed E-state index contributed by atoms with van der Waals surface area (Å²) in [7, 11) is 6.16. The van der Waals surface area contributed by atoms with Gasteiger partial charge in [-0.2, -0.15) is 0 Å². The van der Waals surface area contributed by atoms with Crippen molar-refractivity contribution < 1.29 is 19.3 Å². The van der Waals surface area contributed by atoms with Gasteiger partial charge in [-0.15, -0.1) is 0 Å². The maximum Gasteiger partial charge on any atom is 0.365 e. The van der Waals surface area contributed by atoms with E-state index < -0.39 is 0 Å². The van der Waals surface area contributed by atoms with Crippen molar-refractivity contribution in [2.45, 2.75) is 0 Å². The Morgan fingerprint density at radius 2 is 1.83 bits per heavy atom. The standard InChI is InChI=1S/C18H24N4O2/c1-20(2)15(13-22-11-9-21(3)10-12-22)16-18(23)24-17(19-16)14-7-5-4-6-8-14/h4-8H,9-13H2,1-3H3/p+2/b16-15-. The van der Waals surface area contributed by atoms with Crippen LogP contribution in [0, 0.1) is 0 Å². The molecule has 2 aliphatic heterocycles. The predicted octanol–water partition coefficient (Wildman–Crippen LogP) is -1.82. The lowest BCUT2D eigenvalue weighted by Gasteiger charge is -2.29. The van der Waals surface area contributed by atoms with Crippen LogP contribution in [0.4, 0.5) is 0 Å². The van der Waals surface area contributed by atoms with Gasteiger partial charge in [0, 0.05) is 19.7 Å². The summed E-state index contributed by atoms with van der Waals surface area (Å²) in [6.45, 7) is 5.35. The molecule has 0 aromatic heterocycles. The zero-order chi connectivity index (χ0) is 17.1. The fourth-order valence-electron chi connectivity index (χ4n) is 3.09. The van der Waals surface area contributed by atoms with E-state index in [1.807, 2.05) is 49.3 Å². The monoisotopic (exact) mass is 330 g/mol. The Morgan fingerprint density at radius 1 is 1.17 bits per heavy atom. The second kappa shape index (κ2) is 7.15. The van der Waals surface area contributed by atoms with Crippen LogP contribution in [-0.4, -0.2) is 70.6 Å². The average Bonchev–Trinajstić information content (AvgIpc) is 2.96. The molecule has 2 aliphatic rings. The molecule has 1 aromatic rings. The van der Waals surface area contributed by atoms with Crippen molar-refractivity contribution in [2.24, 2.45) is 4.99 Å². The average molecular weight is 330 g/mol. The molecule has 0 atom stereocenters. The van der Waals surface area contributed by atoms with Gasteiger partial charge in [-0.05, 0) is 12.1 Å². The van der Waals surface area contributed by atoms with Crippen molar-refractivity contribution in [3.8, 4) is 0 Å². The van der Waals surface area contributed by atoms with Crippen LogP contribution in [0.2, 0.25) is 0 Å². The molecule has 1 fully saturated rings. The number of hydrogen-bond donors (Lipinski definition) is 2. The fraction of sp³-hybridized carbons (Fsp3) is 0.444. The number of ether oxygens (including phenoxy) is 1. The molecule has 6 heteroatoms. The van der Waals surface area contributed by atoms with E-state index in [9.17, 15) is 4.79 Å². The van der Waals surface area contributed by atoms with E-state index in [2.05, 4.69) is 12.0 Å². The molecule has 128 valence electrons. The smallest absolute Gasteiger partial charge is 0.365 e. The summed E-state index contributed by atoms with van der Waals surface area (Å²) in [5.41, 5.74) is 2.22. The maximum absolute atomic E-state index is 12.4. The predicted molar refractivity (Wildman–Crippen MR) is 92.0 cm³/mol. The lowest BCUT2D eigenvalue weighted by Crippen LogP contribution is -3.27. The lowest BCUT2D eigenvalue weighted by molar-refractivity contribution is -1.00. The zero-order valence-corrected chi connectivity index (χ0v) is 14.6. The van der Waals surface area contributed by atoms with Crippen LogP contribution in [0.15, 0.2) is 46.7 Å². The Morgan fingerprint density at radius 3 is 2.46 bits per heavy atom. The van der Waals surface area contributed by atoms with Crippen molar-refractivity contribution in [3.63, 3.8) is 0 Å². The number of cyclic esters (lactones) is 1. The number of esters is 1. The van der Waals surface area contributed by atoms with E-state index in [1.54, 1.807) is 4.90 Å². The molecular weight excluding hydrogens is 304 g/mol. The first-order chi connectivity index (χ1) is 11.5. The van der Waals surface area contributed by atoms with Gasteiger partial charge in [0.25, 0.3) is 0 Å². The van der Waals surface area contributed by atoms with Gasteiger partial charge < -0.3 is 19.4 Å². The molecule has 6 nitrogen and oxygen atoms in total. The minimum Gasteiger partial charge on any atom is -0.402 e. The first-order valence-electron chi connectivity index (χ1n) is 8.46. The van der Waals surface area contributed by atoms with E-state index in [0.717, 1.165) is 44.0 Å². The minimum absolute atomic E-state index is 0.350. The molecule has 0 amide bonds. The number of aliphatic imine (C=N–C) groups is 1. The van der Waals surface area contributed by atoms with Crippen molar-refractivity contribution in [1.29, 1.82) is 0 Å². The third-order valence-electron chi connectivity index (χ3n) is 4.66. The van der Waals surface area contributed by atoms with E-state index >= 15 is 0 Å². The lowest BCUT2D eigenvalue weighted by atomic mass is 10.2. The summed E-state index contributed by atoms with van der Waals surface area (Å²) in [6, 6.07) is 9.56. The number of carbonyl (C=O) groups excluding carboxylic acids is 1. The molecule has 1 saturated heterocycles. The summed E-state index contributed by atoms with van der Waals surface area (Å²) >= 11 is 0. The van der Waals surface area contributed by atoms with Crippen LogP contribution in [0.25, 0.3) is 0 Å². The Balaban J connectivity index is 1.85. The van der Waals surface area contributed by atoms with Gasteiger partial charge >= 0.3 is 5.97 Å². The number of nitrogens with zero attached hydrogens (tertiary/aromatic N) is 2. The van der Waals surface area contributed by atoms with Crippen LogP contribution < -0.4 is 9.80 Å². The number of benzene rings is 1. The highest BCUT2D eigenvalue weighted by molar-refractivity contribution is 6.11. The van der Waals surface area contributed by atoms with Gasteiger partial charge in [-0.25, -0.2) is 9.79 Å². The van der Waals surface area contributed by atoms with Gasteiger partial charge in [0.1, 0.15) is 38.4 Å². The van der Waals surface area contributed by atoms with E-state index in [-0.39, 0.29) is 5.97 Å². The number of likely N-dealkylation sites (N-methyl/N-ethyl adjacent to an activating group) is 2. The van der Waals surface area contributed by atoms with Gasteiger partial charge in [0.05, 0.1) is 7.05 Å². The molecule has 0 spiro atoms. The normalized spacial score (nSPS) is 26.0. The zero-order valence-electron chi connectivity index (χ0n) is 14.6. The Kier molecular flexibility index (Phi) is 4.97. The Labute approximate surface area is 143 Å².